The second-order valence-electron chi connectivity index (χ2n) is 4.47. The number of rotatable bonds is 2. The monoisotopic (exact) mass is 277 g/mol. The molecule has 1 unspecified atom stereocenters. The number of pyridine rings is 1. The summed E-state index contributed by atoms with van der Waals surface area (Å²) in [6, 6.07) is 7.72. The van der Waals surface area contributed by atoms with E-state index in [1.165, 1.54) is 0 Å². The zero-order valence-corrected chi connectivity index (χ0v) is 11.2. The zero-order chi connectivity index (χ0) is 13.2. The summed E-state index contributed by atoms with van der Waals surface area (Å²) >= 11 is -2.06. The van der Waals surface area contributed by atoms with Crippen molar-refractivity contribution in [2.24, 2.45) is 0 Å². The van der Waals surface area contributed by atoms with E-state index in [4.69, 9.17) is 0 Å². The molecule has 0 saturated carbocycles. The van der Waals surface area contributed by atoms with Gasteiger partial charge in [0.1, 0.15) is 0 Å². The fourth-order valence-corrected chi connectivity index (χ4v) is 3.00. The van der Waals surface area contributed by atoms with Crippen molar-refractivity contribution in [1.82, 2.24) is 10.3 Å². The number of benzene rings is 1. The molecule has 1 atom stereocenters. The van der Waals surface area contributed by atoms with Gasteiger partial charge >= 0.3 is 0 Å². The number of fused-ring (bicyclic) bond motifs is 1. The van der Waals surface area contributed by atoms with E-state index in [0.29, 0.717) is 0 Å². The van der Waals surface area contributed by atoms with Crippen LogP contribution in [0.2, 0.25) is 0 Å². The van der Waals surface area contributed by atoms with E-state index in [-0.39, 0.29) is 5.03 Å². The average Bonchev–Trinajstić information content (AvgIpc) is 2.46. The molecule has 2 N–H and O–H groups in total. The molecule has 1 aliphatic rings. The van der Waals surface area contributed by atoms with Crippen LogP contribution < -0.4 is 10.2 Å². The quantitative estimate of drug-likeness (QED) is 0.808. The summed E-state index contributed by atoms with van der Waals surface area (Å²) in [6.07, 6.45) is 1.59. The Morgan fingerprint density at radius 2 is 2.00 bits per heavy atom. The van der Waals surface area contributed by atoms with Gasteiger partial charge in [0.25, 0.3) is 0 Å². The maximum atomic E-state index is 11.3. The Morgan fingerprint density at radius 1 is 1.21 bits per heavy atom. The first-order valence-electron chi connectivity index (χ1n) is 6.21. The molecule has 5 nitrogen and oxygen atoms in total. The van der Waals surface area contributed by atoms with E-state index in [9.17, 15) is 8.76 Å². The van der Waals surface area contributed by atoms with Gasteiger partial charge in [-0.3, -0.25) is 0 Å². The molecule has 6 heteroatoms. The van der Waals surface area contributed by atoms with E-state index in [2.05, 4.69) is 21.3 Å². The van der Waals surface area contributed by atoms with Crippen molar-refractivity contribution in [3.8, 4) is 0 Å². The predicted octanol–water partition coefficient (Wildman–Crippen LogP) is 1.22. The number of hydrogen-bond donors (Lipinski definition) is 2. The van der Waals surface area contributed by atoms with Gasteiger partial charge in [-0.1, -0.05) is 12.1 Å². The summed E-state index contributed by atoms with van der Waals surface area (Å²) in [7, 11) is 0. The standard InChI is InChI=1S/C13H15N3O2S/c17-19(18)13-11-2-1-3-12(10(11)4-5-15-13)16-8-6-14-7-9-16/h1-5,14H,6-9H2,(H,17,18). The second-order valence-corrected chi connectivity index (χ2v) is 5.36. The number of piperazine rings is 1. The summed E-state index contributed by atoms with van der Waals surface area (Å²) in [4.78, 5) is 6.31. The highest BCUT2D eigenvalue weighted by Gasteiger charge is 2.15. The molecule has 100 valence electrons. The first-order valence-corrected chi connectivity index (χ1v) is 7.32. The minimum atomic E-state index is -2.06. The van der Waals surface area contributed by atoms with E-state index < -0.39 is 11.1 Å². The molecule has 1 fully saturated rings. The molecule has 0 radical (unpaired) electrons. The Morgan fingerprint density at radius 3 is 2.74 bits per heavy atom. The lowest BCUT2D eigenvalue weighted by Gasteiger charge is -2.30. The summed E-state index contributed by atoms with van der Waals surface area (Å²) < 4.78 is 20.6. The fourth-order valence-electron chi connectivity index (χ4n) is 2.48. The van der Waals surface area contributed by atoms with Crippen molar-refractivity contribution in [3.05, 3.63) is 30.5 Å². The number of aromatic nitrogens is 1. The highest BCUT2D eigenvalue weighted by molar-refractivity contribution is 7.79. The van der Waals surface area contributed by atoms with Crippen LogP contribution in [0.3, 0.4) is 0 Å². The molecule has 0 aliphatic carbocycles. The maximum Gasteiger partial charge on any atom is 0.206 e. The molecular weight excluding hydrogens is 262 g/mol. The SMILES string of the molecule is O=S(O)c1nccc2c(N3CCNCC3)cccc12. The third-order valence-electron chi connectivity index (χ3n) is 3.37. The third-order valence-corrected chi connectivity index (χ3v) is 4.03. The molecular formula is C13H15N3O2S. The van der Waals surface area contributed by atoms with Crippen molar-refractivity contribution < 1.29 is 8.76 Å². The molecule has 1 saturated heterocycles. The first-order chi connectivity index (χ1) is 9.27. The molecule has 19 heavy (non-hydrogen) atoms. The molecule has 1 aliphatic heterocycles. The van der Waals surface area contributed by atoms with Gasteiger partial charge in [0.15, 0.2) is 5.03 Å². The van der Waals surface area contributed by atoms with Crippen LogP contribution in [-0.2, 0) is 11.1 Å². The van der Waals surface area contributed by atoms with Gasteiger partial charge < -0.3 is 14.8 Å². The fraction of sp³-hybridized carbons (Fsp3) is 0.308. The lowest BCUT2D eigenvalue weighted by Crippen LogP contribution is -2.43. The minimum absolute atomic E-state index is 0.231. The van der Waals surface area contributed by atoms with Crippen LogP contribution in [0.25, 0.3) is 10.8 Å². The van der Waals surface area contributed by atoms with Crippen molar-refractivity contribution in [2.75, 3.05) is 31.1 Å². The smallest absolute Gasteiger partial charge is 0.206 e. The van der Waals surface area contributed by atoms with Crippen LogP contribution in [0.4, 0.5) is 5.69 Å². The summed E-state index contributed by atoms with van der Waals surface area (Å²) in [6.45, 7) is 3.80. The molecule has 1 aromatic carbocycles. The highest BCUT2D eigenvalue weighted by atomic mass is 32.2. The van der Waals surface area contributed by atoms with Crippen LogP contribution in [-0.4, -0.2) is 39.9 Å². The Labute approximate surface area is 113 Å². The Hall–Kier alpha value is -1.50. The number of anilines is 1. The van der Waals surface area contributed by atoms with E-state index >= 15 is 0 Å². The van der Waals surface area contributed by atoms with Crippen LogP contribution >= 0.6 is 0 Å². The normalized spacial score (nSPS) is 17.6. The summed E-state index contributed by atoms with van der Waals surface area (Å²) in [5.41, 5.74) is 1.10. The van der Waals surface area contributed by atoms with Gasteiger partial charge in [-0.2, -0.15) is 0 Å². The average molecular weight is 277 g/mol. The zero-order valence-electron chi connectivity index (χ0n) is 10.4. The predicted molar refractivity (Wildman–Crippen MR) is 75.9 cm³/mol. The van der Waals surface area contributed by atoms with Gasteiger partial charge in [-0.05, 0) is 12.1 Å². The molecule has 0 amide bonds. The van der Waals surface area contributed by atoms with Gasteiger partial charge in [0.2, 0.25) is 11.1 Å². The molecule has 1 aromatic heterocycles. The summed E-state index contributed by atoms with van der Waals surface area (Å²) in [5.74, 6) is 0. The topological polar surface area (TPSA) is 65.5 Å². The second kappa shape index (κ2) is 5.24. The van der Waals surface area contributed by atoms with E-state index in [0.717, 1.165) is 42.6 Å². The summed E-state index contributed by atoms with van der Waals surface area (Å²) in [5, 5.41) is 5.28. The number of nitrogens with zero attached hydrogens (tertiary/aromatic N) is 2. The van der Waals surface area contributed by atoms with Crippen LogP contribution in [0, 0.1) is 0 Å². The van der Waals surface area contributed by atoms with Crippen molar-refractivity contribution in [2.45, 2.75) is 5.03 Å². The highest BCUT2D eigenvalue weighted by Crippen LogP contribution is 2.29. The van der Waals surface area contributed by atoms with Crippen LogP contribution in [0.15, 0.2) is 35.5 Å². The van der Waals surface area contributed by atoms with Crippen LogP contribution in [0.1, 0.15) is 0 Å². The Bertz CT molecular complexity index is 626. The molecule has 2 heterocycles. The molecule has 0 spiro atoms. The largest absolute Gasteiger partial charge is 0.368 e. The number of hydrogen-bond acceptors (Lipinski definition) is 4. The van der Waals surface area contributed by atoms with Gasteiger partial charge in [-0.25, -0.2) is 9.19 Å². The minimum Gasteiger partial charge on any atom is -0.368 e. The Balaban J connectivity index is 2.15. The van der Waals surface area contributed by atoms with Gasteiger partial charge in [0.05, 0.1) is 0 Å². The molecule has 2 aromatic rings. The van der Waals surface area contributed by atoms with E-state index in [1.807, 2.05) is 18.2 Å². The lowest BCUT2D eigenvalue weighted by atomic mass is 10.1. The third kappa shape index (κ3) is 2.34. The lowest BCUT2D eigenvalue weighted by molar-refractivity contribution is 0.561. The van der Waals surface area contributed by atoms with E-state index in [1.54, 1.807) is 6.20 Å². The Kier molecular flexibility index (Phi) is 3.46. The molecule has 0 bridgehead atoms. The van der Waals surface area contributed by atoms with Crippen molar-refractivity contribution >= 4 is 27.5 Å². The maximum absolute atomic E-state index is 11.3. The molecule has 3 rings (SSSR count). The van der Waals surface area contributed by atoms with Crippen LogP contribution in [0.5, 0.6) is 0 Å². The van der Waals surface area contributed by atoms with Crippen molar-refractivity contribution in [3.63, 3.8) is 0 Å². The van der Waals surface area contributed by atoms with Crippen molar-refractivity contribution in [1.29, 1.82) is 0 Å². The first kappa shape index (κ1) is 12.5. The van der Waals surface area contributed by atoms with Gasteiger partial charge in [0, 0.05) is 48.8 Å². The number of nitrogens with one attached hydrogen (secondary N) is 1. The van der Waals surface area contributed by atoms with Gasteiger partial charge in [-0.15, -0.1) is 0 Å².